The average Bonchev–Trinajstić information content (AvgIpc) is 3.15. The van der Waals surface area contributed by atoms with E-state index in [9.17, 15) is 9.59 Å². The number of rotatable bonds is 10. The molecule has 0 saturated carbocycles. The van der Waals surface area contributed by atoms with Crippen LogP contribution in [0, 0.1) is 0 Å². The third-order valence-corrected chi connectivity index (χ3v) is 5.11. The molecular formula is C20H27N3O4S. The van der Waals surface area contributed by atoms with Crippen LogP contribution < -0.4 is 10.1 Å². The second-order valence-corrected chi connectivity index (χ2v) is 7.63. The molecule has 0 aliphatic carbocycles. The lowest BCUT2D eigenvalue weighted by molar-refractivity contribution is -0.140. The summed E-state index contributed by atoms with van der Waals surface area (Å²) in [6.07, 6.45) is 1.99. The molecule has 0 aliphatic rings. The van der Waals surface area contributed by atoms with E-state index in [4.69, 9.17) is 4.74 Å². The van der Waals surface area contributed by atoms with Crippen molar-refractivity contribution in [3.05, 3.63) is 41.7 Å². The van der Waals surface area contributed by atoms with Gasteiger partial charge in [-0.2, -0.15) is 16.9 Å². The molecule has 0 unspecified atom stereocenters. The molecule has 0 fully saturated rings. The zero-order valence-electron chi connectivity index (χ0n) is 16.7. The van der Waals surface area contributed by atoms with Gasteiger partial charge in [0.2, 0.25) is 0 Å². The molecule has 7 nitrogen and oxygen atoms in total. The molecule has 1 amide bonds. The summed E-state index contributed by atoms with van der Waals surface area (Å²) in [5.74, 6) is 1.94. The molecule has 8 heteroatoms. The van der Waals surface area contributed by atoms with Crippen molar-refractivity contribution in [1.82, 2.24) is 15.1 Å². The fourth-order valence-corrected chi connectivity index (χ4v) is 3.47. The number of aromatic nitrogens is 2. The van der Waals surface area contributed by atoms with Crippen LogP contribution in [-0.4, -0.2) is 53.9 Å². The van der Waals surface area contributed by atoms with E-state index in [1.165, 1.54) is 7.11 Å². The van der Waals surface area contributed by atoms with Crippen molar-refractivity contribution < 1.29 is 19.1 Å². The molecule has 0 bridgehead atoms. The number of nitrogens with one attached hydrogen (secondary N) is 1. The van der Waals surface area contributed by atoms with Crippen LogP contribution in [0.5, 0.6) is 5.75 Å². The molecule has 1 N–H and O–H groups in total. The van der Waals surface area contributed by atoms with Gasteiger partial charge >= 0.3 is 5.97 Å². The molecule has 0 atom stereocenters. The van der Waals surface area contributed by atoms with Gasteiger partial charge in [0.15, 0.2) is 0 Å². The van der Waals surface area contributed by atoms with Gasteiger partial charge in [-0.25, -0.2) is 4.68 Å². The maximum Gasteiger partial charge on any atom is 0.306 e. The lowest BCUT2D eigenvalue weighted by atomic mass is 10.1. The first-order chi connectivity index (χ1) is 13.5. The monoisotopic (exact) mass is 405 g/mol. The van der Waals surface area contributed by atoms with Gasteiger partial charge < -0.3 is 14.8 Å². The van der Waals surface area contributed by atoms with E-state index in [2.05, 4.69) is 15.2 Å². The van der Waals surface area contributed by atoms with E-state index in [0.717, 1.165) is 22.9 Å². The molecular weight excluding hydrogens is 378 g/mol. The predicted octanol–water partition coefficient (Wildman–Crippen LogP) is 3.03. The Hall–Kier alpha value is -2.48. The Morgan fingerprint density at radius 1 is 1.18 bits per heavy atom. The zero-order chi connectivity index (χ0) is 20.5. The Morgan fingerprint density at radius 3 is 2.50 bits per heavy atom. The number of nitrogens with zero attached hydrogens (tertiary/aromatic N) is 2. The number of benzene rings is 1. The van der Waals surface area contributed by atoms with Crippen LogP contribution >= 0.6 is 11.8 Å². The molecule has 1 aromatic heterocycles. The van der Waals surface area contributed by atoms with Crippen LogP contribution in [0.3, 0.4) is 0 Å². The summed E-state index contributed by atoms with van der Waals surface area (Å²) >= 11 is 1.60. The van der Waals surface area contributed by atoms with Gasteiger partial charge in [0, 0.05) is 18.1 Å². The van der Waals surface area contributed by atoms with Gasteiger partial charge in [0.05, 0.1) is 43.8 Å². The van der Waals surface area contributed by atoms with Crippen LogP contribution in [0.2, 0.25) is 0 Å². The minimum absolute atomic E-state index is 0.125. The van der Waals surface area contributed by atoms with Crippen molar-refractivity contribution in [2.24, 2.45) is 0 Å². The highest BCUT2D eigenvalue weighted by Gasteiger charge is 2.20. The standard InChI is InChI=1S/C20H27N3O4S/c1-14(2)19-17(20(25)21-10-12-28-11-9-18(24)27-4)13-22-23(19)15-5-7-16(26-3)8-6-15/h5-8,13-14H,9-12H2,1-4H3,(H,21,25). The third kappa shape index (κ3) is 5.76. The number of carbonyl (C=O) groups is 2. The second kappa shape index (κ2) is 10.8. The first-order valence-electron chi connectivity index (χ1n) is 9.13. The van der Waals surface area contributed by atoms with E-state index in [1.54, 1.807) is 29.8 Å². The van der Waals surface area contributed by atoms with Crippen LogP contribution in [0.15, 0.2) is 30.5 Å². The molecule has 1 heterocycles. The van der Waals surface area contributed by atoms with Crippen molar-refractivity contribution in [3.63, 3.8) is 0 Å². The average molecular weight is 406 g/mol. The summed E-state index contributed by atoms with van der Waals surface area (Å²) in [5.41, 5.74) is 2.31. The first kappa shape index (κ1) is 21.8. The number of methoxy groups -OCH3 is 2. The second-order valence-electron chi connectivity index (χ2n) is 6.40. The quantitative estimate of drug-likeness (QED) is 0.483. The van der Waals surface area contributed by atoms with E-state index < -0.39 is 0 Å². The van der Waals surface area contributed by atoms with Gasteiger partial charge in [0.1, 0.15) is 5.75 Å². The number of esters is 1. The zero-order valence-corrected chi connectivity index (χ0v) is 17.5. The summed E-state index contributed by atoms with van der Waals surface area (Å²) in [4.78, 5) is 23.7. The Labute approximate surface area is 169 Å². The molecule has 1 aromatic carbocycles. The highest BCUT2D eigenvalue weighted by Crippen LogP contribution is 2.24. The van der Waals surface area contributed by atoms with Crippen LogP contribution in [-0.2, 0) is 9.53 Å². The Bertz CT molecular complexity index is 787. The SMILES string of the molecule is COC(=O)CCSCCNC(=O)c1cnn(-c2ccc(OC)cc2)c1C(C)C. The normalized spacial score (nSPS) is 10.8. The van der Waals surface area contributed by atoms with Crippen LogP contribution in [0.25, 0.3) is 5.69 Å². The number of carbonyl (C=O) groups excluding carboxylic acids is 2. The molecule has 28 heavy (non-hydrogen) atoms. The van der Waals surface area contributed by atoms with E-state index >= 15 is 0 Å². The fourth-order valence-electron chi connectivity index (χ4n) is 2.71. The molecule has 0 aliphatic heterocycles. The summed E-state index contributed by atoms with van der Waals surface area (Å²) in [6.45, 7) is 4.60. The molecule has 152 valence electrons. The van der Waals surface area contributed by atoms with Gasteiger partial charge in [-0.1, -0.05) is 13.8 Å². The van der Waals surface area contributed by atoms with Crippen molar-refractivity contribution in [2.75, 3.05) is 32.3 Å². The number of amides is 1. The summed E-state index contributed by atoms with van der Waals surface area (Å²) in [5, 5.41) is 7.36. The van der Waals surface area contributed by atoms with E-state index in [-0.39, 0.29) is 17.8 Å². The van der Waals surface area contributed by atoms with Crippen LogP contribution in [0.1, 0.15) is 42.2 Å². The Kier molecular flexibility index (Phi) is 8.38. The number of hydrogen-bond acceptors (Lipinski definition) is 6. The maximum atomic E-state index is 12.6. The maximum absolute atomic E-state index is 12.6. The highest BCUT2D eigenvalue weighted by atomic mass is 32.2. The lowest BCUT2D eigenvalue weighted by Gasteiger charge is -2.13. The van der Waals surface area contributed by atoms with Crippen molar-refractivity contribution in [1.29, 1.82) is 0 Å². The molecule has 0 spiro atoms. The fraction of sp³-hybridized carbons (Fsp3) is 0.450. The smallest absolute Gasteiger partial charge is 0.306 e. The lowest BCUT2D eigenvalue weighted by Crippen LogP contribution is -2.27. The highest BCUT2D eigenvalue weighted by molar-refractivity contribution is 7.99. The Morgan fingerprint density at radius 2 is 1.89 bits per heavy atom. The Balaban J connectivity index is 1.99. The van der Waals surface area contributed by atoms with Gasteiger partial charge in [-0.05, 0) is 30.2 Å². The van der Waals surface area contributed by atoms with Crippen molar-refractivity contribution in [2.45, 2.75) is 26.2 Å². The van der Waals surface area contributed by atoms with Crippen molar-refractivity contribution in [3.8, 4) is 11.4 Å². The third-order valence-electron chi connectivity index (χ3n) is 4.13. The van der Waals surface area contributed by atoms with E-state index in [1.807, 2.05) is 38.1 Å². The number of hydrogen-bond donors (Lipinski definition) is 1. The van der Waals surface area contributed by atoms with Crippen LogP contribution in [0.4, 0.5) is 0 Å². The number of thioether (sulfide) groups is 1. The minimum Gasteiger partial charge on any atom is -0.497 e. The number of ether oxygens (including phenoxy) is 2. The minimum atomic E-state index is -0.218. The summed E-state index contributed by atoms with van der Waals surface area (Å²) < 4.78 is 11.6. The summed E-state index contributed by atoms with van der Waals surface area (Å²) in [6, 6.07) is 7.56. The first-order valence-corrected chi connectivity index (χ1v) is 10.3. The van der Waals surface area contributed by atoms with Gasteiger partial charge in [-0.3, -0.25) is 9.59 Å². The van der Waals surface area contributed by atoms with Gasteiger partial charge in [0.25, 0.3) is 5.91 Å². The largest absolute Gasteiger partial charge is 0.497 e. The molecule has 0 radical (unpaired) electrons. The predicted molar refractivity (Wildman–Crippen MR) is 110 cm³/mol. The topological polar surface area (TPSA) is 82.5 Å². The molecule has 0 saturated heterocycles. The molecule has 2 aromatic rings. The van der Waals surface area contributed by atoms with E-state index in [0.29, 0.717) is 24.3 Å². The van der Waals surface area contributed by atoms with Gasteiger partial charge in [-0.15, -0.1) is 0 Å². The summed E-state index contributed by atoms with van der Waals surface area (Å²) in [7, 11) is 3.00. The van der Waals surface area contributed by atoms with Crippen molar-refractivity contribution >= 4 is 23.6 Å². The molecule has 2 rings (SSSR count).